The first-order chi connectivity index (χ1) is 9.96. The molecule has 114 valence electrons. The number of hydrogen-bond donors (Lipinski definition) is 2. The summed E-state index contributed by atoms with van der Waals surface area (Å²) in [6.45, 7) is 2.05. The average molecular weight is 312 g/mol. The van der Waals surface area contributed by atoms with E-state index in [1.54, 1.807) is 13.0 Å². The maximum atomic E-state index is 14.0. The van der Waals surface area contributed by atoms with Gasteiger partial charge in [0, 0.05) is 6.54 Å². The zero-order valence-electron chi connectivity index (χ0n) is 11.6. The van der Waals surface area contributed by atoms with Crippen LogP contribution in [0.3, 0.4) is 0 Å². The van der Waals surface area contributed by atoms with Crippen molar-refractivity contribution in [2.45, 2.75) is 18.4 Å². The fourth-order valence-electron chi connectivity index (χ4n) is 1.91. The summed E-state index contributed by atoms with van der Waals surface area (Å²) in [7, 11) is -3.91. The third-order valence-corrected chi connectivity index (χ3v) is 4.66. The number of H-pyrrole nitrogens is 1. The molecule has 0 aliphatic carbocycles. The number of hydrogen-bond acceptors (Lipinski definition) is 4. The summed E-state index contributed by atoms with van der Waals surface area (Å²) >= 11 is 0. The number of imidazole rings is 1. The number of halogens is 1. The van der Waals surface area contributed by atoms with E-state index in [-0.39, 0.29) is 17.3 Å². The summed E-state index contributed by atoms with van der Waals surface area (Å²) in [5.74, 6) is -0.129. The van der Waals surface area contributed by atoms with Gasteiger partial charge in [0.05, 0.1) is 11.9 Å². The van der Waals surface area contributed by atoms with Crippen LogP contribution in [0.1, 0.15) is 12.2 Å². The molecule has 0 saturated heterocycles. The van der Waals surface area contributed by atoms with Crippen LogP contribution in [-0.4, -0.2) is 31.5 Å². The van der Waals surface area contributed by atoms with Gasteiger partial charge in [-0.1, -0.05) is 12.1 Å². The Morgan fingerprint density at radius 3 is 2.67 bits per heavy atom. The van der Waals surface area contributed by atoms with Gasteiger partial charge < -0.3 is 10.7 Å². The van der Waals surface area contributed by atoms with Crippen molar-refractivity contribution in [2.75, 3.05) is 17.4 Å². The second kappa shape index (κ2) is 6.23. The number of para-hydroxylation sites is 1. The van der Waals surface area contributed by atoms with E-state index >= 15 is 0 Å². The third kappa shape index (κ3) is 3.22. The maximum Gasteiger partial charge on any atom is 0.281 e. The number of nitrogens with zero attached hydrogens (tertiary/aromatic N) is 2. The highest BCUT2D eigenvalue weighted by Gasteiger charge is 2.28. The Labute approximate surface area is 122 Å². The first-order valence-corrected chi connectivity index (χ1v) is 7.89. The van der Waals surface area contributed by atoms with Crippen molar-refractivity contribution >= 4 is 15.7 Å². The number of benzene rings is 1. The lowest BCUT2D eigenvalue weighted by molar-refractivity contribution is 0.580. The van der Waals surface area contributed by atoms with Crippen LogP contribution in [0.25, 0.3) is 0 Å². The van der Waals surface area contributed by atoms with E-state index in [4.69, 9.17) is 5.73 Å². The maximum absolute atomic E-state index is 14.0. The minimum atomic E-state index is -3.91. The van der Waals surface area contributed by atoms with Gasteiger partial charge in [-0.2, -0.15) is 8.42 Å². The summed E-state index contributed by atoms with van der Waals surface area (Å²) < 4.78 is 40.3. The lowest BCUT2D eigenvalue weighted by atomic mass is 10.3. The van der Waals surface area contributed by atoms with Gasteiger partial charge in [-0.25, -0.2) is 9.37 Å². The van der Waals surface area contributed by atoms with E-state index in [2.05, 4.69) is 9.97 Å². The first-order valence-electron chi connectivity index (χ1n) is 6.45. The number of aromatic nitrogens is 2. The van der Waals surface area contributed by atoms with Gasteiger partial charge >= 0.3 is 0 Å². The number of nitrogens with one attached hydrogen (secondary N) is 1. The van der Waals surface area contributed by atoms with Crippen LogP contribution in [0.15, 0.2) is 35.5 Å². The van der Waals surface area contributed by atoms with Crippen LogP contribution in [-0.2, 0) is 10.0 Å². The highest BCUT2D eigenvalue weighted by molar-refractivity contribution is 7.92. The molecular weight excluding hydrogens is 295 g/mol. The molecule has 0 spiro atoms. The van der Waals surface area contributed by atoms with Gasteiger partial charge in [0.25, 0.3) is 10.0 Å². The lowest BCUT2D eigenvalue weighted by Gasteiger charge is -2.23. The van der Waals surface area contributed by atoms with E-state index in [0.717, 1.165) is 4.31 Å². The third-order valence-electron chi connectivity index (χ3n) is 2.93. The average Bonchev–Trinajstić information content (AvgIpc) is 2.88. The number of aryl methyl sites for hydroxylation is 1. The molecule has 1 aromatic heterocycles. The van der Waals surface area contributed by atoms with E-state index in [1.165, 1.54) is 24.4 Å². The van der Waals surface area contributed by atoms with Crippen molar-refractivity contribution in [3.8, 4) is 0 Å². The molecule has 0 aliphatic heterocycles. The molecule has 1 aromatic carbocycles. The lowest BCUT2D eigenvalue weighted by Crippen LogP contribution is -2.34. The fourth-order valence-corrected chi connectivity index (χ4v) is 3.38. The van der Waals surface area contributed by atoms with Crippen molar-refractivity contribution in [1.82, 2.24) is 9.97 Å². The SMILES string of the molecule is Cc1ncc(S(=O)(=O)N(CCCN)c2ccccc2F)[nH]1. The quantitative estimate of drug-likeness (QED) is 0.843. The van der Waals surface area contributed by atoms with E-state index in [1.807, 2.05) is 0 Å². The van der Waals surface area contributed by atoms with Gasteiger partial charge in [0.2, 0.25) is 0 Å². The van der Waals surface area contributed by atoms with E-state index in [9.17, 15) is 12.8 Å². The molecule has 0 fully saturated rings. The number of nitrogens with two attached hydrogens (primary N) is 1. The molecule has 0 atom stereocenters. The predicted molar refractivity (Wildman–Crippen MR) is 77.9 cm³/mol. The second-order valence-electron chi connectivity index (χ2n) is 4.50. The first kappa shape index (κ1) is 15.5. The summed E-state index contributed by atoms with van der Waals surface area (Å²) in [5, 5.41) is -0.0692. The molecule has 0 aliphatic rings. The summed E-state index contributed by atoms with van der Waals surface area (Å²) in [5.41, 5.74) is 5.44. The van der Waals surface area contributed by atoms with Crippen LogP contribution in [0.4, 0.5) is 10.1 Å². The molecule has 6 nitrogen and oxygen atoms in total. The Balaban J connectivity index is 2.48. The molecule has 2 aromatic rings. The Hall–Kier alpha value is -1.93. The number of anilines is 1. The fraction of sp³-hybridized carbons (Fsp3) is 0.308. The van der Waals surface area contributed by atoms with Gasteiger partial charge in [0.1, 0.15) is 11.6 Å². The van der Waals surface area contributed by atoms with Crippen molar-refractivity contribution in [3.63, 3.8) is 0 Å². The number of rotatable bonds is 6. The standard InChI is InChI=1S/C13H17FN4O2S/c1-10-16-9-13(17-10)21(19,20)18(8-4-7-15)12-6-3-2-5-11(12)14/h2-3,5-6,9H,4,7-8,15H2,1H3,(H,16,17). The van der Waals surface area contributed by atoms with Gasteiger partial charge in [-0.05, 0) is 32.0 Å². The second-order valence-corrected chi connectivity index (χ2v) is 6.33. The Morgan fingerprint density at radius 1 is 1.38 bits per heavy atom. The monoisotopic (exact) mass is 312 g/mol. The molecule has 8 heteroatoms. The highest BCUT2D eigenvalue weighted by Crippen LogP contribution is 2.25. The minimum Gasteiger partial charge on any atom is -0.332 e. The van der Waals surface area contributed by atoms with E-state index in [0.29, 0.717) is 18.8 Å². The van der Waals surface area contributed by atoms with Crippen molar-refractivity contribution in [1.29, 1.82) is 0 Å². The van der Waals surface area contributed by atoms with Crippen LogP contribution < -0.4 is 10.0 Å². The molecule has 0 radical (unpaired) electrons. The Kier molecular flexibility index (Phi) is 4.59. The molecule has 3 N–H and O–H groups in total. The predicted octanol–water partition coefficient (Wildman–Crippen LogP) is 1.40. The van der Waals surface area contributed by atoms with Crippen molar-refractivity contribution < 1.29 is 12.8 Å². The zero-order chi connectivity index (χ0) is 15.5. The van der Waals surface area contributed by atoms with Gasteiger partial charge in [-0.3, -0.25) is 4.31 Å². The summed E-state index contributed by atoms with van der Waals surface area (Å²) in [6, 6.07) is 5.74. The summed E-state index contributed by atoms with van der Waals surface area (Å²) in [6.07, 6.45) is 1.64. The summed E-state index contributed by atoms with van der Waals surface area (Å²) in [4.78, 5) is 6.55. The van der Waals surface area contributed by atoms with Crippen LogP contribution in [0.2, 0.25) is 0 Å². The Morgan fingerprint density at radius 2 is 2.10 bits per heavy atom. The molecular formula is C13H17FN4O2S. The normalized spacial score (nSPS) is 11.6. The van der Waals surface area contributed by atoms with E-state index < -0.39 is 15.8 Å². The van der Waals surface area contributed by atoms with Crippen LogP contribution >= 0.6 is 0 Å². The smallest absolute Gasteiger partial charge is 0.281 e. The van der Waals surface area contributed by atoms with Crippen LogP contribution in [0, 0.1) is 12.7 Å². The molecule has 0 bridgehead atoms. The molecule has 2 rings (SSSR count). The molecule has 0 unspecified atom stereocenters. The molecule has 21 heavy (non-hydrogen) atoms. The number of sulfonamides is 1. The van der Waals surface area contributed by atoms with Crippen LogP contribution in [0.5, 0.6) is 0 Å². The minimum absolute atomic E-state index is 0.00166. The topological polar surface area (TPSA) is 92.1 Å². The van der Waals surface area contributed by atoms with Crippen molar-refractivity contribution in [3.05, 3.63) is 42.1 Å². The van der Waals surface area contributed by atoms with Gasteiger partial charge in [-0.15, -0.1) is 0 Å². The zero-order valence-corrected chi connectivity index (χ0v) is 12.4. The largest absolute Gasteiger partial charge is 0.332 e. The molecule has 0 saturated carbocycles. The number of aromatic amines is 1. The van der Waals surface area contributed by atoms with Gasteiger partial charge in [0.15, 0.2) is 5.03 Å². The highest BCUT2D eigenvalue weighted by atomic mass is 32.2. The van der Waals surface area contributed by atoms with Crippen molar-refractivity contribution in [2.24, 2.45) is 5.73 Å². The Bertz CT molecular complexity index is 714. The molecule has 0 amide bonds. The molecule has 1 heterocycles.